The number of carbonyl (C=O) groups excluding carboxylic acids is 1. The van der Waals surface area contributed by atoms with E-state index in [-0.39, 0.29) is 5.91 Å². The molecule has 1 fully saturated rings. The Hall–Kier alpha value is -1.61. The molecule has 1 amide bonds. The van der Waals surface area contributed by atoms with E-state index in [1.165, 1.54) is 12.8 Å². The maximum atomic E-state index is 12.6. The molecule has 1 aromatic carbocycles. The summed E-state index contributed by atoms with van der Waals surface area (Å²) in [4.78, 5) is 19.0. The average molecular weight is 303 g/mol. The number of likely N-dealkylation sites (tertiary alicyclic amines) is 1. The van der Waals surface area contributed by atoms with Crippen molar-refractivity contribution in [3.8, 4) is 0 Å². The van der Waals surface area contributed by atoms with Crippen LogP contribution < -0.4 is 0 Å². The minimum absolute atomic E-state index is 0.00116. The van der Waals surface area contributed by atoms with Crippen molar-refractivity contribution in [1.82, 2.24) is 9.88 Å². The topological polar surface area (TPSA) is 33.2 Å². The molecule has 1 aromatic heterocycles. The molecule has 1 unspecified atom stereocenters. The molecular formula is C17H19ClN2O. The zero-order valence-electron chi connectivity index (χ0n) is 12.2. The number of aromatic nitrogens is 1. The summed E-state index contributed by atoms with van der Waals surface area (Å²) in [6.45, 7) is 3.86. The molecule has 1 aliphatic heterocycles. The lowest BCUT2D eigenvalue weighted by Crippen LogP contribution is -2.29. The molecule has 0 saturated carbocycles. The van der Waals surface area contributed by atoms with E-state index in [1.54, 1.807) is 6.07 Å². The predicted octanol–water partition coefficient (Wildman–Crippen LogP) is 4.15. The van der Waals surface area contributed by atoms with Crippen LogP contribution in [0.1, 0.15) is 36.7 Å². The molecule has 1 aliphatic rings. The highest BCUT2D eigenvalue weighted by molar-refractivity contribution is 6.35. The number of rotatable bonds is 3. The second kappa shape index (κ2) is 6.02. The molecule has 1 atom stereocenters. The molecule has 0 spiro atoms. The molecule has 2 heterocycles. The predicted molar refractivity (Wildman–Crippen MR) is 85.7 cm³/mol. The molecule has 0 radical (unpaired) electrons. The Balaban J connectivity index is 1.85. The van der Waals surface area contributed by atoms with E-state index in [4.69, 9.17) is 11.6 Å². The number of hydrogen-bond acceptors (Lipinski definition) is 2. The van der Waals surface area contributed by atoms with Crippen LogP contribution in [0.3, 0.4) is 0 Å². The van der Waals surface area contributed by atoms with Crippen LogP contribution in [0.5, 0.6) is 0 Å². The zero-order valence-corrected chi connectivity index (χ0v) is 12.9. The minimum Gasteiger partial charge on any atom is -0.337 e. The largest absolute Gasteiger partial charge is 0.337 e. The van der Waals surface area contributed by atoms with Gasteiger partial charge in [0.2, 0.25) is 0 Å². The molecular weight excluding hydrogens is 284 g/mol. The van der Waals surface area contributed by atoms with Gasteiger partial charge in [-0.2, -0.15) is 0 Å². The van der Waals surface area contributed by atoms with Crippen LogP contribution in [0.15, 0.2) is 30.3 Å². The lowest BCUT2D eigenvalue weighted by molar-refractivity contribution is 0.0781. The number of nitrogens with zero attached hydrogens (tertiary/aromatic N) is 2. The summed E-state index contributed by atoms with van der Waals surface area (Å²) in [6, 6.07) is 9.34. The van der Waals surface area contributed by atoms with Gasteiger partial charge in [0.1, 0.15) is 5.69 Å². The number of benzene rings is 1. The van der Waals surface area contributed by atoms with Gasteiger partial charge in [-0.15, -0.1) is 0 Å². The number of pyridine rings is 1. The number of amides is 1. The molecule has 3 nitrogen and oxygen atoms in total. The molecule has 0 bridgehead atoms. The molecule has 0 aliphatic carbocycles. The van der Waals surface area contributed by atoms with Gasteiger partial charge in [0.15, 0.2) is 0 Å². The van der Waals surface area contributed by atoms with Gasteiger partial charge in [0, 0.05) is 18.5 Å². The molecule has 110 valence electrons. The maximum Gasteiger partial charge on any atom is 0.272 e. The van der Waals surface area contributed by atoms with Gasteiger partial charge < -0.3 is 4.90 Å². The highest BCUT2D eigenvalue weighted by atomic mass is 35.5. The minimum atomic E-state index is 0.00116. The monoisotopic (exact) mass is 302 g/mol. The Morgan fingerprint density at radius 2 is 2.24 bits per heavy atom. The van der Waals surface area contributed by atoms with Gasteiger partial charge in [-0.3, -0.25) is 4.79 Å². The fourth-order valence-corrected chi connectivity index (χ4v) is 3.33. The highest BCUT2D eigenvalue weighted by Crippen LogP contribution is 2.26. The highest BCUT2D eigenvalue weighted by Gasteiger charge is 2.27. The van der Waals surface area contributed by atoms with E-state index in [0.717, 1.165) is 30.4 Å². The molecule has 0 N–H and O–H groups in total. The lowest BCUT2D eigenvalue weighted by Gasteiger charge is -2.16. The second-order valence-corrected chi connectivity index (χ2v) is 6.11. The summed E-state index contributed by atoms with van der Waals surface area (Å²) in [5.41, 5.74) is 1.23. The zero-order chi connectivity index (χ0) is 14.8. The quantitative estimate of drug-likeness (QED) is 0.853. The Morgan fingerprint density at radius 1 is 1.43 bits per heavy atom. The van der Waals surface area contributed by atoms with Crippen molar-refractivity contribution < 1.29 is 4.79 Å². The first-order chi connectivity index (χ1) is 10.2. The van der Waals surface area contributed by atoms with Gasteiger partial charge >= 0.3 is 0 Å². The number of para-hydroxylation sites is 1. The van der Waals surface area contributed by atoms with Crippen LogP contribution in [0.4, 0.5) is 0 Å². The summed E-state index contributed by atoms with van der Waals surface area (Å²) in [6.07, 6.45) is 3.46. The number of hydrogen-bond donors (Lipinski definition) is 0. The van der Waals surface area contributed by atoms with Crippen molar-refractivity contribution in [2.45, 2.75) is 26.2 Å². The van der Waals surface area contributed by atoms with E-state index >= 15 is 0 Å². The van der Waals surface area contributed by atoms with E-state index in [2.05, 4.69) is 11.9 Å². The SMILES string of the molecule is CCCC1CCN(C(=O)c2cc(Cl)c3ccccc3n2)C1. The van der Waals surface area contributed by atoms with Crippen LogP contribution in [0.2, 0.25) is 5.02 Å². The van der Waals surface area contributed by atoms with Gasteiger partial charge in [-0.05, 0) is 30.9 Å². The third kappa shape index (κ3) is 2.88. The molecule has 3 rings (SSSR count). The van der Waals surface area contributed by atoms with Gasteiger partial charge in [-0.1, -0.05) is 43.1 Å². The second-order valence-electron chi connectivity index (χ2n) is 5.70. The van der Waals surface area contributed by atoms with Crippen molar-refractivity contribution in [3.63, 3.8) is 0 Å². The van der Waals surface area contributed by atoms with Crippen molar-refractivity contribution in [3.05, 3.63) is 41.0 Å². The van der Waals surface area contributed by atoms with Crippen LogP contribution in [-0.4, -0.2) is 28.9 Å². The Labute approximate surface area is 129 Å². The fourth-order valence-electron chi connectivity index (χ4n) is 3.07. The van der Waals surface area contributed by atoms with Crippen molar-refractivity contribution in [2.24, 2.45) is 5.92 Å². The summed E-state index contributed by atoms with van der Waals surface area (Å²) < 4.78 is 0. The van der Waals surface area contributed by atoms with E-state index in [1.807, 2.05) is 29.2 Å². The average Bonchev–Trinajstić information content (AvgIpc) is 2.95. The summed E-state index contributed by atoms with van der Waals surface area (Å²) >= 11 is 6.28. The summed E-state index contributed by atoms with van der Waals surface area (Å²) in [7, 11) is 0. The Kier molecular flexibility index (Phi) is 4.11. The first kappa shape index (κ1) is 14.3. The third-order valence-electron chi connectivity index (χ3n) is 4.15. The van der Waals surface area contributed by atoms with Crippen LogP contribution >= 0.6 is 11.6 Å². The van der Waals surface area contributed by atoms with E-state index < -0.39 is 0 Å². The fraction of sp³-hybridized carbons (Fsp3) is 0.412. The normalized spacial score (nSPS) is 18.4. The van der Waals surface area contributed by atoms with Crippen LogP contribution in [0.25, 0.3) is 10.9 Å². The first-order valence-electron chi connectivity index (χ1n) is 7.53. The number of carbonyl (C=O) groups is 1. The van der Waals surface area contributed by atoms with Crippen LogP contribution in [0, 0.1) is 5.92 Å². The standard InChI is InChI=1S/C17H19ClN2O/c1-2-5-12-8-9-20(11-12)17(21)16-10-14(18)13-6-3-4-7-15(13)19-16/h3-4,6-7,10,12H,2,5,8-9,11H2,1H3. The van der Waals surface area contributed by atoms with Gasteiger partial charge in [0.05, 0.1) is 10.5 Å². The Bertz CT molecular complexity index is 671. The van der Waals surface area contributed by atoms with E-state index in [0.29, 0.717) is 16.6 Å². The van der Waals surface area contributed by atoms with Gasteiger partial charge in [-0.25, -0.2) is 4.98 Å². The Morgan fingerprint density at radius 3 is 3.05 bits per heavy atom. The molecule has 4 heteroatoms. The van der Waals surface area contributed by atoms with Crippen LogP contribution in [-0.2, 0) is 0 Å². The third-order valence-corrected chi connectivity index (χ3v) is 4.47. The molecule has 1 saturated heterocycles. The summed E-state index contributed by atoms with van der Waals surface area (Å²) in [5.74, 6) is 0.635. The number of fused-ring (bicyclic) bond motifs is 1. The van der Waals surface area contributed by atoms with Crippen molar-refractivity contribution in [2.75, 3.05) is 13.1 Å². The van der Waals surface area contributed by atoms with Crippen molar-refractivity contribution >= 4 is 28.4 Å². The molecule has 2 aromatic rings. The van der Waals surface area contributed by atoms with Crippen molar-refractivity contribution in [1.29, 1.82) is 0 Å². The lowest BCUT2D eigenvalue weighted by atomic mass is 10.0. The smallest absolute Gasteiger partial charge is 0.272 e. The maximum absolute atomic E-state index is 12.6. The molecule has 21 heavy (non-hydrogen) atoms. The summed E-state index contributed by atoms with van der Waals surface area (Å²) in [5, 5.41) is 1.48. The number of halogens is 1. The van der Waals surface area contributed by atoms with Gasteiger partial charge in [0.25, 0.3) is 5.91 Å². The first-order valence-corrected chi connectivity index (χ1v) is 7.91. The van der Waals surface area contributed by atoms with E-state index in [9.17, 15) is 4.79 Å².